The van der Waals surface area contributed by atoms with Crippen LogP contribution in [0.1, 0.15) is 14.5 Å². The van der Waals surface area contributed by atoms with Crippen molar-refractivity contribution < 1.29 is 32.5 Å². The molecule has 6 aromatic rings. The quantitative estimate of drug-likeness (QED) is 0.0484. The van der Waals surface area contributed by atoms with Gasteiger partial charge < -0.3 is 20.2 Å². The molecule has 0 amide bonds. The zero-order chi connectivity index (χ0) is 43.5. The van der Waals surface area contributed by atoms with Gasteiger partial charge in [0.1, 0.15) is 36.6 Å². The van der Waals surface area contributed by atoms with Crippen molar-refractivity contribution >= 4 is 109 Å². The Kier molecular flexibility index (Phi) is 16.9. The summed E-state index contributed by atoms with van der Waals surface area (Å²) < 4.78 is 91.8. The van der Waals surface area contributed by atoms with Crippen molar-refractivity contribution in [1.29, 1.82) is 0 Å². The van der Waals surface area contributed by atoms with Crippen LogP contribution in [0.2, 0.25) is 15.7 Å². The zero-order valence-corrected chi connectivity index (χ0v) is 36.9. The van der Waals surface area contributed by atoms with Gasteiger partial charge in [-0.15, -0.1) is 19.8 Å². The molecule has 14 nitrogen and oxygen atoms in total. The number of alkyl halides is 5. The minimum Gasteiger partial charge on any atom is -0.398 e. The van der Waals surface area contributed by atoms with Gasteiger partial charge in [-0.2, -0.15) is 32.7 Å². The number of anilines is 3. The Morgan fingerprint density at radius 1 is 0.754 bits per heavy atom. The van der Waals surface area contributed by atoms with E-state index in [1.165, 1.54) is 24.8 Å². The highest BCUT2D eigenvalue weighted by Crippen LogP contribution is 2.41. The second-order valence-electron chi connectivity index (χ2n) is 11.6. The highest BCUT2D eigenvalue weighted by atomic mass is 79.9. The molecule has 4 aromatic heterocycles. The van der Waals surface area contributed by atoms with Gasteiger partial charge in [-0.3, -0.25) is 4.39 Å². The fourth-order valence-electron chi connectivity index (χ4n) is 4.30. The smallest absolute Gasteiger partial charge is 0.348 e. The number of nitrogens with two attached hydrogens (primary N) is 1. The van der Waals surface area contributed by atoms with Gasteiger partial charge in [0.05, 0.1) is 35.6 Å². The first kappa shape index (κ1) is 46.1. The predicted octanol–water partition coefficient (Wildman–Crippen LogP) is 9.84. The molecule has 306 valence electrons. The molecular formula is C31H30Br2Cl3F5N12O2P2. The number of hydrogen-bond donors (Lipinski definition) is 2. The number of benzene rings is 2. The highest BCUT2D eigenvalue weighted by Gasteiger charge is 2.21. The third-order valence-corrected chi connectivity index (χ3v) is 11.9. The largest absolute Gasteiger partial charge is 0.398 e. The molecule has 0 saturated carbocycles. The number of nitrogens with zero attached hydrogens (tertiary/aromatic N) is 10. The maximum absolute atomic E-state index is 12.8. The molecule has 26 heteroatoms. The van der Waals surface area contributed by atoms with Gasteiger partial charge >= 0.3 is 13.1 Å². The fraction of sp³-hybridized carbons (Fsp3) is 0.226. The Bertz CT molecular complexity index is 2430. The molecule has 0 bridgehead atoms. The summed E-state index contributed by atoms with van der Waals surface area (Å²) in [5.41, 5.74) is 8.35. The minimum atomic E-state index is -2.83. The number of hydrogen-bond acceptors (Lipinski definition) is 12. The van der Waals surface area contributed by atoms with E-state index in [0.717, 1.165) is 0 Å². The molecule has 3 N–H and O–H groups in total. The number of halogens is 10. The zero-order valence-electron chi connectivity index (χ0n) is 30.7. The van der Waals surface area contributed by atoms with Crippen molar-refractivity contribution in [1.82, 2.24) is 49.9 Å². The van der Waals surface area contributed by atoms with E-state index in [1.54, 1.807) is 63.1 Å². The SMILES string of the molecule is CP(C)(=O)c1cc(-c2cnn(C(F)F)n2)ccc1N.CP(C)(=O)c1cc(-c2cnn(C(F)F)n2)ccc1Nc1nc(Cl)ncc1Br.Clc1ncc(Br)c(Cl)n1.[2H]CF. The number of rotatable bonds is 8. The summed E-state index contributed by atoms with van der Waals surface area (Å²) in [5.74, 6) is 0.404. The van der Waals surface area contributed by atoms with E-state index in [9.17, 15) is 31.1 Å². The summed E-state index contributed by atoms with van der Waals surface area (Å²) >= 11 is 23.2. The van der Waals surface area contributed by atoms with Gasteiger partial charge in [-0.1, -0.05) is 23.7 Å². The molecule has 2 aromatic carbocycles. The van der Waals surface area contributed by atoms with Gasteiger partial charge in [0.15, 0.2) is 0 Å². The average molecular weight is 1030 g/mol. The third-order valence-electron chi connectivity index (χ3n) is 6.79. The molecule has 0 atom stereocenters. The number of nitrogens with one attached hydrogen (secondary N) is 1. The normalized spacial score (nSPS) is 11.5. The molecule has 0 radical (unpaired) electrons. The maximum atomic E-state index is 12.8. The van der Waals surface area contributed by atoms with E-state index in [0.29, 0.717) is 62.6 Å². The lowest BCUT2D eigenvalue weighted by molar-refractivity contribution is 0.0412. The summed E-state index contributed by atoms with van der Waals surface area (Å²) in [6.07, 6.45) is 5.45. The van der Waals surface area contributed by atoms with Crippen molar-refractivity contribution in [3.63, 3.8) is 0 Å². The molecule has 0 aliphatic heterocycles. The van der Waals surface area contributed by atoms with Crippen LogP contribution in [0, 0.1) is 0 Å². The number of aromatic nitrogens is 10. The van der Waals surface area contributed by atoms with Crippen LogP contribution in [0.4, 0.5) is 39.1 Å². The summed E-state index contributed by atoms with van der Waals surface area (Å²) in [6.45, 7) is 0.787. The Morgan fingerprint density at radius 2 is 1.21 bits per heavy atom. The van der Waals surface area contributed by atoms with Gasteiger partial charge in [-0.05, 0) is 106 Å². The molecule has 4 heterocycles. The number of nitrogen functional groups attached to an aromatic ring is 1. The van der Waals surface area contributed by atoms with Crippen LogP contribution in [0.25, 0.3) is 22.5 Å². The van der Waals surface area contributed by atoms with Crippen LogP contribution in [0.3, 0.4) is 0 Å². The first-order valence-electron chi connectivity index (χ1n) is 16.0. The Labute approximate surface area is 355 Å². The lowest BCUT2D eigenvalue weighted by Crippen LogP contribution is -2.11. The van der Waals surface area contributed by atoms with Gasteiger partial charge in [0.2, 0.25) is 10.6 Å². The molecule has 0 fully saturated rings. The van der Waals surface area contributed by atoms with Crippen LogP contribution in [-0.4, -0.2) is 83.7 Å². The van der Waals surface area contributed by atoms with E-state index in [-0.39, 0.29) is 22.0 Å². The lowest BCUT2D eigenvalue weighted by atomic mass is 10.1. The maximum Gasteiger partial charge on any atom is 0.348 e. The Balaban J connectivity index is 0.000000250. The molecular weight excluding hydrogens is 996 g/mol. The third kappa shape index (κ3) is 13.8. The predicted molar refractivity (Wildman–Crippen MR) is 221 cm³/mol. The summed E-state index contributed by atoms with van der Waals surface area (Å²) in [5, 5.41) is 19.0. The first-order valence-corrected chi connectivity index (χ1v) is 23.2. The standard InChI is InChI=1S/C15H13BrClF2N6OP.C11H13F2N4OP.C4HBrCl2N2.CH3F/c1-27(2,26)12-5-8(11-7-21-25(24-11)15(18)19)3-4-10(12)22-13-9(16)6-20-14(17)23-13;1-19(2,18)10-5-7(3-4-8(10)14)9-6-15-17(16-9)11(12)13;5-2-1-8-4(7)9-3(2)6;1-2/h3-7,15H,1-2H3,(H,20,22,23);3-6,11H,14H2,1-2H3;1H;1H3/i;;;1D. The summed E-state index contributed by atoms with van der Waals surface area (Å²) in [6, 6.07) is 9.81. The molecule has 0 aliphatic carbocycles. The second-order valence-corrected chi connectivity index (χ2v) is 20.7. The van der Waals surface area contributed by atoms with Crippen molar-refractivity contribution in [2.24, 2.45) is 0 Å². The Hall–Kier alpha value is -3.58. The van der Waals surface area contributed by atoms with Crippen molar-refractivity contribution in [2.75, 3.05) is 44.9 Å². The van der Waals surface area contributed by atoms with Crippen LogP contribution in [0.15, 0.2) is 70.1 Å². The van der Waals surface area contributed by atoms with E-state index >= 15 is 0 Å². The van der Waals surface area contributed by atoms with Crippen molar-refractivity contribution in [2.45, 2.75) is 13.1 Å². The first-order chi connectivity index (χ1) is 27.0. The lowest BCUT2D eigenvalue weighted by Gasteiger charge is -2.16. The van der Waals surface area contributed by atoms with E-state index < -0.39 is 34.5 Å². The van der Waals surface area contributed by atoms with E-state index in [4.69, 9.17) is 41.9 Å². The monoisotopic (exact) mass is 1020 g/mol. The van der Waals surface area contributed by atoms with Gasteiger partial charge in [0, 0.05) is 39.8 Å². The highest BCUT2D eigenvalue weighted by molar-refractivity contribution is 9.11. The van der Waals surface area contributed by atoms with Gasteiger partial charge in [-0.25, -0.2) is 15.0 Å². The minimum absolute atomic E-state index is 0.0543. The molecule has 0 saturated heterocycles. The van der Waals surface area contributed by atoms with Crippen LogP contribution in [0.5, 0.6) is 0 Å². The molecule has 0 unspecified atom stereocenters. The fourth-order valence-corrected chi connectivity index (χ4v) is 7.53. The van der Waals surface area contributed by atoms with Crippen molar-refractivity contribution in [3.05, 3.63) is 85.9 Å². The topological polar surface area (TPSA) is 185 Å². The molecule has 57 heavy (non-hydrogen) atoms. The van der Waals surface area contributed by atoms with Gasteiger partial charge in [0.25, 0.3) is 0 Å². The van der Waals surface area contributed by atoms with Crippen LogP contribution >= 0.6 is 80.9 Å². The summed E-state index contributed by atoms with van der Waals surface area (Å²) in [4.78, 5) is 15.9. The van der Waals surface area contributed by atoms with E-state index in [1.807, 2.05) is 0 Å². The second kappa shape index (κ2) is 20.9. The molecule has 0 aliphatic rings. The van der Waals surface area contributed by atoms with E-state index in [2.05, 4.69) is 77.5 Å². The molecule has 0 spiro atoms. The Morgan fingerprint density at radius 3 is 1.65 bits per heavy atom. The molecule has 6 rings (SSSR count). The van der Waals surface area contributed by atoms with Crippen molar-refractivity contribution in [3.8, 4) is 22.5 Å². The van der Waals surface area contributed by atoms with Crippen LogP contribution in [-0.2, 0) is 9.13 Å². The van der Waals surface area contributed by atoms with Crippen LogP contribution < -0.4 is 21.7 Å². The average Bonchev–Trinajstić information content (AvgIpc) is 3.84. The summed E-state index contributed by atoms with van der Waals surface area (Å²) in [7, 11) is -6.28.